The van der Waals surface area contributed by atoms with Crippen molar-refractivity contribution < 1.29 is 0 Å². The van der Waals surface area contributed by atoms with Gasteiger partial charge in [-0.1, -0.05) is 25.4 Å². The van der Waals surface area contributed by atoms with Crippen LogP contribution in [0, 0.1) is 0 Å². The number of hydrogen-bond acceptors (Lipinski definition) is 3. The van der Waals surface area contributed by atoms with Crippen LogP contribution in [0.5, 0.6) is 0 Å². The molecular formula is C11H11ClN2S. The van der Waals surface area contributed by atoms with E-state index in [0.717, 1.165) is 17.1 Å². The molecule has 0 aliphatic carbocycles. The molecule has 15 heavy (non-hydrogen) atoms. The first-order valence-electron chi connectivity index (χ1n) is 4.74. The van der Waals surface area contributed by atoms with Crippen molar-refractivity contribution in [3.63, 3.8) is 0 Å². The summed E-state index contributed by atoms with van der Waals surface area (Å²) in [6.07, 6.45) is 0. The second-order valence-electron chi connectivity index (χ2n) is 3.60. The highest BCUT2D eigenvalue weighted by Crippen LogP contribution is 2.24. The number of halogens is 1. The molecule has 0 spiro atoms. The van der Waals surface area contributed by atoms with Crippen LogP contribution < -0.4 is 0 Å². The Morgan fingerprint density at radius 1 is 1.33 bits per heavy atom. The topological polar surface area (TPSA) is 25.8 Å². The van der Waals surface area contributed by atoms with Crippen molar-refractivity contribution in [2.45, 2.75) is 19.8 Å². The fourth-order valence-electron chi connectivity index (χ4n) is 1.25. The maximum Gasteiger partial charge on any atom is 0.133 e. The molecule has 0 aromatic carbocycles. The number of nitrogens with zero attached hydrogens (tertiary/aromatic N) is 2. The SMILES string of the molecule is CC(C)c1nc(Cl)cc(-c2ccsc2)n1. The maximum absolute atomic E-state index is 5.96. The number of rotatable bonds is 2. The Bertz CT molecular complexity index is 452. The summed E-state index contributed by atoms with van der Waals surface area (Å²) >= 11 is 7.61. The van der Waals surface area contributed by atoms with Gasteiger partial charge in [-0.2, -0.15) is 11.3 Å². The summed E-state index contributed by atoms with van der Waals surface area (Å²) in [6, 6.07) is 3.84. The molecule has 0 radical (unpaired) electrons. The second-order valence-corrected chi connectivity index (χ2v) is 4.77. The van der Waals surface area contributed by atoms with Crippen LogP contribution in [0.1, 0.15) is 25.6 Å². The van der Waals surface area contributed by atoms with Gasteiger partial charge in [0.2, 0.25) is 0 Å². The van der Waals surface area contributed by atoms with Crippen LogP contribution in [0.15, 0.2) is 22.9 Å². The van der Waals surface area contributed by atoms with E-state index in [-0.39, 0.29) is 0 Å². The van der Waals surface area contributed by atoms with Gasteiger partial charge in [0, 0.05) is 22.9 Å². The third kappa shape index (κ3) is 2.36. The molecule has 0 unspecified atom stereocenters. The zero-order chi connectivity index (χ0) is 10.8. The summed E-state index contributed by atoms with van der Waals surface area (Å²) in [5.41, 5.74) is 2.01. The van der Waals surface area contributed by atoms with Crippen molar-refractivity contribution in [3.8, 4) is 11.3 Å². The Morgan fingerprint density at radius 3 is 2.73 bits per heavy atom. The Hall–Kier alpha value is -0.930. The van der Waals surface area contributed by atoms with Crippen LogP contribution in [-0.4, -0.2) is 9.97 Å². The van der Waals surface area contributed by atoms with Gasteiger partial charge in [0.1, 0.15) is 11.0 Å². The second kappa shape index (κ2) is 4.29. The predicted molar refractivity (Wildman–Crippen MR) is 64.4 cm³/mol. The number of aromatic nitrogens is 2. The van der Waals surface area contributed by atoms with Crippen LogP contribution in [0.2, 0.25) is 5.15 Å². The summed E-state index contributed by atoms with van der Waals surface area (Å²) in [4.78, 5) is 8.69. The fraction of sp³-hybridized carbons (Fsp3) is 0.273. The smallest absolute Gasteiger partial charge is 0.133 e. The van der Waals surface area contributed by atoms with E-state index in [1.807, 2.05) is 11.4 Å². The normalized spacial score (nSPS) is 10.9. The monoisotopic (exact) mass is 238 g/mol. The van der Waals surface area contributed by atoms with E-state index < -0.39 is 0 Å². The highest BCUT2D eigenvalue weighted by atomic mass is 35.5. The predicted octanol–water partition coefficient (Wildman–Crippen LogP) is 3.98. The van der Waals surface area contributed by atoms with Crippen molar-refractivity contribution in [1.82, 2.24) is 9.97 Å². The van der Waals surface area contributed by atoms with Gasteiger partial charge in [0.05, 0.1) is 5.69 Å². The molecule has 0 amide bonds. The molecule has 0 N–H and O–H groups in total. The average Bonchev–Trinajstić information content (AvgIpc) is 2.69. The Balaban J connectivity index is 2.49. The zero-order valence-corrected chi connectivity index (χ0v) is 10.1. The van der Waals surface area contributed by atoms with Crippen LogP contribution in [-0.2, 0) is 0 Å². The van der Waals surface area contributed by atoms with Gasteiger partial charge < -0.3 is 0 Å². The molecular weight excluding hydrogens is 228 g/mol. The highest BCUT2D eigenvalue weighted by molar-refractivity contribution is 7.08. The van der Waals surface area contributed by atoms with Gasteiger partial charge in [-0.25, -0.2) is 9.97 Å². The minimum Gasteiger partial charge on any atom is -0.232 e. The van der Waals surface area contributed by atoms with Gasteiger partial charge in [-0.15, -0.1) is 0 Å². The van der Waals surface area contributed by atoms with E-state index >= 15 is 0 Å². The molecule has 0 aliphatic rings. The van der Waals surface area contributed by atoms with Crippen LogP contribution in [0.3, 0.4) is 0 Å². The molecule has 2 rings (SSSR count). The molecule has 4 heteroatoms. The van der Waals surface area contributed by atoms with E-state index in [4.69, 9.17) is 11.6 Å². The molecule has 2 heterocycles. The van der Waals surface area contributed by atoms with Gasteiger partial charge in [0.25, 0.3) is 0 Å². The largest absolute Gasteiger partial charge is 0.232 e. The molecule has 2 aromatic rings. The molecule has 78 valence electrons. The number of hydrogen-bond donors (Lipinski definition) is 0. The fourth-order valence-corrected chi connectivity index (χ4v) is 2.09. The molecule has 0 saturated heterocycles. The van der Waals surface area contributed by atoms with Gasteiger partial charge in [-0.3, -0.25) is 0 Å². The summed E-state index contributed by atoms with van der Waals surface area (Å²) < 4.78 is 0. The first kappa shape index (κ1) is 10.6. The molecule has 0 fully saturated rings. The maximum atomic E-state index is 5.96. The lowest BCUT2D eigenvalue weighted by molar-refractivity contribution is 0.776. The van der Waals surface area contributed by atoms with Crippen LogP contribution in [0.4, 0.5) is 0 Å². The lowest BCUT2D eigenvalue weighted by Crippen LogP contribution is -1.98. The van der Waals surface area contributed by atoms with Gasteiger partial charge >= 0.3 is 0 Å². The Kier molecular flexibility index (Phi) is 3.03. The van der Waals surface area contributed by atoms with Crippen LogP contribution in [0.25, 0.3) is 11.3 Å². The number of thiophene rings is 1. The lowest BCUT2D eigenvalue weighted by atomic mass is 10.2. The third-order valence-corrected chi connectivity index (χ3v) is 2.92. The molecule has 0 saturated carbocycles. The summed E-state index contributed by atoms with van der Waals surface area (Å²) in [6.45, 7) is 4.12. The van der Waals surface area contributed by atoms with E-state index in [9.17, 15) is 0 Å². The van der Waals surface area contributed by atoms with Crippen molar-refractivity contribution >= 4 is 22.9 Å². The van der Waals surface area contributed by atoms with E-state index in [1.165, 1.54) is 0 Å². The standard InChI is InChI=1S/C11H11ClN2S/c1-7(2)11-13-9(5-10(12)14-11)8-3-4-15-6-8/h3-7H,1-2H3. The van der Waals surface area contributed by atoms with E-state index in [0.29, 0.717) is 11.1 Å². The van der Waals surface area contributed by atoms with Crippen LogP contribution >= 0.6 is 22.9 Å². The minimum absolute atomic E-state index is 0.293. The van der Waals surface area contributed by atoms with Gasteiger partial charge in [-0.05, 0) is 11.4 Å². The van der Waals surface area contributed by atoms with Crippen molar-refractivity contribution in [1.29, 1.82) is 0 Å². The third-order valence-electron chi connectivity index (χ3n) is 2.05. The molecule has 0 atom stereocenters. The minimum atomic E-state index is 0.293. The van der Waals surface area contributed by atoms with Crippen molar-refractivity contribution in [2.75, 3.05) is 0 Å². The summed E-state index contributed by atoms with van der Waals surface area (Å²) in [5.74, 6) is 1.09. The van der Waals surface area contributed by atoms with E-state index in [2.05, 4.69) is 29.2 Å². The zero-order valence-electron chi connectivity index (χ0n) is 8.57. The Labute approximate surface area is 98.0 Å². The lowest BCUT2D eigenvalue weighted by Gasteiger charge is -2.06. The average molecular weight is 239 g/mol. The van der Waals surface area contributed by atoms with Gasteiger partial charge in [0.15, 0.2) is 0 Å². The Morgan fingerprint density at radius 2 is 2.13 bits per heavy atom. The quantitative estimate of drug-likeness (QED) is 0.740. The summed E-state index contributed by atoms with van der Waals surface area (Å²) in [7, 11) is 0. The van der Waals surface area contributed by atoms with Crippen molar-refractivity contribution in [2.24, 2.45) is 0 Å². The van der Waals surface area contributed by atoms with E-state index in [1.54, 1.807) is 17.4 Å². The molecule has 0 aliphatic heterocycles. The first-order chi connectivity index (χ1) is 7.16. The summed E-state index contributed by atoms with van der Waals surface area (Å²) in [5, 5.41) is 4.60. The molecule has 0 bridgehead atoms. The first-order valence-corrected chi connectivity index (χ1v) is 6.06. The van der Waals surface area contributed by atoms with Crippen molar-refractivity contribution in [3.05, 3.63) is 33.9 Å². The highest BCUT2D eigenvalue weighted by Gasteiger charge is 2.08. The molecule has 2 aromatic heterocycles. The molecule has 2 nitrogen and oxygen atoms in total.